The van der Waals surface area contributed by atoms with Crippen LogP contribution in [0.25, 0.3) is 0 Å². The van der Waals surface area contributed by atoms with E-state index in [1.54, 1.807) is 42.7 Å². The SMILES string of the molecule is CCN1CCN(Cc2nc(C3(C4(C(F)(F)F)C=C(N)C(F)=CC4)Nc4c(Oc5ccncc5)cccc4N3C)n[nH]2)CC1. The lowest BCUT2D eigenvalue weighted by molar-refractivity contribution is -0.227. The highest BCUT2D eigenvalue weighted by Crippen LogP contribution is 2.63. The molecule has 228 valence electrons. The number of para-hydroxylation sites is 1. The Kier molecular flexibility index (Phi) is 7.29. The van der Waals surface area contributed by atoms with Crippen molar-refractivity contribution in [2.45, 2.75) is 31.7 Å². The smallest absolute Gasteiger partial charge is 0.402 e. The highest BCUT2D eigenvalue weighted by Gasteiger charge is 2.72. The van der Waals surface area contributed by atoms with Crippen molar-refractivity contribution >= 4 is 11.4 Å². The van der Waals surface area contributed by atoms with Crippen molar-refractivity contribution in [2.24, 2.45) is 11.1 Å². The number of piperazine rings is 1. The number of benzene rings is 1. The zero-order valence-corrected chi connectivity index (χ0v) is 23.8. The number of likely N-dealkylation sites (N-methyl/N-ethyl adjacent to an activating group) is 1. The summed E-state index contributed by atoms with van der Waals surface area (Å²) in [5, 5.41) is 10.4. The van der Waals surface area contributed by atoms with Crippen molar-refractivity contribution in [1.82, 2.24) is 30.0 Å². The number of allylic oxidation sites excluding steroid dienone is 2. The second kappa shape index (κ2) is 10.8. The van der Waals surface area contributed by atoms with Crippen LogP contribution in [0.3, 0.4) is 0 Å². The molecule has 14 heteroatoms. The molecule has 2 aliphatic heterocycles. The maximum atomic E-state index is 15.5. The molecule has 6 rings (SSSR count). The molecule has 0 bridgehead atoms. The molecule has 2 atom stereocenters. The molecule has 1 saturated heterocycles. The maximum absolute atomic E-state index is 15.5. The lowest BCUT2D eigenvalue weighted by Crippen LogP contribution is -2.64. The molecule has 10 nitrogen and oxygen atoms in total. The first kappa shape index (κ1) is 28.9. The summed E-state index contributed by atoms with van der Waals surface area (Å²) in [5.41, 5.74) is 1.05. The number of anilines is 2. The summed E-state index contributed by atoms with van der Waals surface area (Å²) < 4.78 is 67.2. The normalized spacial score (nSPS) is 24.7. The van der Waals surface area contributed by atoms with Gasteiger partial charge in [0.05, 0.1) is 17.9 Å². The number of aromatic nitrogens is 4. The Bertz CT molecular complexity index is 1530. The van der Waals surface area contributed by atoms with E-state index in [0.717, 1.165) is 44.9 Å². The van der Waals surface area contributed by atoms with E-state index in [1.165, 1.54) is 11.9 Å². The molecule has 4 N–H and O–H groups in total. The number of hydrogen-bond donors (Lipinski definition) is 3. The predicted octanol–water partition coefficient (Wildman–Crippen LogP) is 4.49. The van der Waals surface area contributed by atoms with Crippen molar-refractivity contribution in [3.8, 4) is 11.5 Å². The molecule has 43 heavy (non-hydrogen) atoms. The van der Waals surface area contributed by atoms with Crippen LogP contribution in [-0.2, 0) is 12.2 Å². The maximum Gasteiger partial charge on any atom is 0.402 e. The molecule has 0 amide bonds. The van der Waals surface area contributed by atoms with Crippen LogP contribution in [0.4, 0.5) is 28.9 Å². The van der Waals surface area contributed by atoms with Gasteiger partial charge in [0.2, 0.25) is 0 Å². The van der Waals surface area contributed by atoms with Crippen LogP contribution >= 0.6 is 0 Å². The van der Waals surface area contributed by atoms with Gasteiger partial charge in [0, 0.05) is 45.6 Å². The third-order valence-corrected chi connectivity index (χ3v) is 8.63. The van der Waals surface area contributed by atoms with Crippen molar-refractivity contribution in [2.75, 3.05) is 50.0 Å². The number of hydrogen-bond acceptors (Lipinski definition) is 9. The third-order valence-electron chi connectivity index (χ3n) is 8.63. The molecule has 3 aliphatic rings. The van der Waals surface area contributed by atoms with Crippen LogP contribution in [0.5, 0.6) is 11.5 Å². The molecule has 0 radical (unpaired) electrons. The van der Waals surface area contributed by atoms with Gasteiger partial charge in [0.15, 0.2) is 17.2 Å². The Morgan fingerprint density at radius 2 is 1.79 bits per heavy atom. The van der Waals surface area contributed by atoms with Gasteiger partial charge in [-0.15, -0.1) is 0 Å². The number of nitrogens with zero attached hydrogens (tertiary/aromatic N) is 6. The number of aromatic amines is 1. The van der Waals surface area contributed by atoms with E-state index in [0.29, 0.717) is 29.5 Å². The van der Waals surface area contributed by atoms with Gasteiger partial charge in [-0.1, -0.05) is 13.0 Å². The van der Waals surface area contributed by atoms with E-state index >= 15 is 13.2 Å². The molecular weight excluding hydrogens is 566 g/mol. The molecule has 3 aromatic rings. The minimum atomic E-state index is -4.92. The largest absolute Gasteiger partial charge is 0.455 e. The Labute approximate surface area is 246 Å². The Balaban J connectivity index is 1.46. The number of fused-ring (bicyclic) bond motifs is 1. The number of nitrogens with two attached hydrogens (primary N) is 1. The number of rotatable bonds is 7. The van der Waals surface area contributed by atoms with Gasteiger partial charge in [-0.2, -0.15) is 18.3 Å². The Morgan fingerprint density at radius 1 is 1.07 bits per heavy atom. The standard InChI is InChI=1S/C29H33F4N9O/c1-3-41-13-15-42(16-14-41)18-24-36-26(39-38-24)28(27(29(31,32)33)10-7-20(30)21(34)17-27)37-25-22(40(28)2)5-4-6-23(25)43-19-8-11-35-12-9-19/h4-9,11-12,17,37H,3,10,13-16,18,34H2,1-2H3,(H,36,38,39). The second-order valence-corrected chi connectivity index (χ2v) is 11.0. The summed E-state index contributed by atoms with van der Waals surface area (Å²) in [7, 11) is 1.53. The minimum absolute atomic E-state index is 0.152. The number of pyridine rings is 1. The first-order valence-corrected chi connectivity index (χ1v) is 14.1. The van der Waals surface area contributed by atoms with Crippen molar-refractivity contribution < 1.29 is 22.3 Å². The number of alkyl halides is 3. The van der Waals surface area contributed by atoms with Gasteiger partial charge in [-0.05, 0) is 49.4 Å². The fourth-order valence-corrected chi connectivity index (χ4v) is 6.22. The number of ether oxygens (including phenoxy) is 1. The van der Waals surface area contributed by atoms with E-state index in [9.17, 15) is 4.39 Å². The second-order valence-electron chi connectivity index (χ2n) is 11.0. The topological polar surface area (TPSA) is 111 Å². The van der Waals surface area contributed by atoms with Crippen LogP contribution in [0.1, 0.15) is 25.0 Å². The zero-order chi connectivity index (χ0) is 30.4. The van der Waals surface area contributed by atoms with E-state index in [2.05, 4.69) is 42.2 Å². The highest BCUT2D eigenvalue weighted by atomic mass is 19.4. The molecule has 0 saturated carbocycles. The lowest BCUT2D eigenvalue weighted by atomic mass is 9.68. The van der Waals surface area contributed by atoms with Gasteiger partial charge in [0.25, 0.3) is 0 Å². The number of halogens is 4. The van der Waals surface area contributed by atoms with E-state index in [4.69, 9.17) is 10.5 Å². The summed E-state index contributed by atoms with van der Waals surface area (Å²) in [5.74, 6) is 0.0996. The van der Waals surface area contributed by atoms with Gasteiger partial charge in [0.1, 0.15) is 28.5 Å². The van der Waals surface area contributed by atoms with Crippen molar-refractivity contribution in [3.63, 3.8) is 0 Å². The average molecular weight is 600 g/mol. The van der Waals surface area contributed by atoms with Crippen LogP contribution in [0, 0.1) is 5.41 Å². The molecule has 4 heterocycles. The van der Waals surface area contributed by atoms with Gasteiger partial charge in [-0.3, -0.25) is 15.0 Å². The molecule has 1 aromatic carbocycles. The predicted molar refractivity (Wildman–Crippen MR) is 153 cm³/mol. The fourth-order valence-electron chi connectivity index (χ4n) is 6.22. The lowest BCUT2D eigenvalue weighted by Gasteiger charge is -2.50. The summed E-state index contributed by atoms with van der Waals surface area (Å²) in [4.78, 5) is 14.6. The number of H-pyrrole nitrogens is 1. The van der Waals surface area contributed by atoms with Crippen molar-refractivity contribution in [3.05, 3.63) is 78.1 Å². The molecule has 1 fully saturated rings. The highest BCUT2D eigenvalue weighted by molar-refractivity contribution is 5.84. The monoisotopic (exact) mass is 599 g/mol. The van der Waals surface area contributed by atoms with Crippen LogP contribution in [-0.4, -0.2) is 75.9 Å². The van der Waals surface area contributed by atoms with Gasteiger partial charge in [-0.25, -0.2) is 9.37 Å². The van der Waals surface area contributed by atoms with E-state index in [1.807, 2.05) is 0 Å². The molecular formula is C29H33F4N9O. The summed E-state index contributed by atoms with van der Waals surface area (Å²) in [6, 6.07) is 8.31. The third kappa shape index (κ3) is 4.78. The molecule has 0 spiro atoms. The van der Waals surface area contributed by atoms with Gasteiger partial charge >= 0.3 is 6.18 Å². The molecule has 1 aliphatic carbocycles. The Morgan fingerprint density at radius 3 is 2.47 bits per heavy atom. The first-order valence-electron chi connectivity index (χ1n) is 14.1. The quantitative estimate of drug-likeness (QED) is 0.338. The fraction of sp³-hybridized carbons (Fsp3) is 0.414. The number of nitrogens with one attached hydrogen (secondary N) is 2. The zero-order valence-electron chi connectivity index (χ0n) is 23.8. The molecule has 2 aromatic heterocycles. The van der Waals surface area contributed by atoms with Crippen LogP contribution in [0.2, 0.25) is 0 Å². The first-order chi connectivity index (χ1) is 20.6. The van der Waals surface area contributed by atoms with E-state index in [-0.39, 0.29) is 11.6 Å². The van der Waals surface area contributed by atoms with Crippen LogP contribution in [0.15, 0.2) is 66.4 Å². The van der Waals surface area contributed by atoms with Gasteiger partial charge < -0.3 is 25.6 Å². The summed E-state index contributed by atoms with van der Waals surface area (Å²) >= 11 is 0. The Hall–Kier alpha value is -4.17. The van der Waals surface area contributed by atoms with Crippen LogP contribution < -0.4 is 20.7 Å². The summed E-state index contributed by atoms with van der Waals surface area (Å²) in [6.07, 6.45) is -0.928. The van der Waals surface area contributed by atoms with E-state index < -0.39 is 35.2 Å². The molecule has 2 unspecified atom stereocenters. The van der Waals surface area contributed by atoms with Crippen molar-refractivity contribution in [1.29, 1.82) is 0 Å². The minimum Gasteiger partial charge on any atom is -0.455 e. The summed E-state index contributed by atoms with van der Waals surface area (Å²) in [6.45, 7) is 6.83. The average Bonchev–Trinajstić information content (AvgIpc) is 3.58.